The molecule has 1 amide bonds. The fraction of sp³-hybridized carbons (Fsp3) is 0.429. The summed E-state index contributed by atoms with van der Waals surface area (Å²) in [6.07, 6.45) is 2.74. The Morgan fingerprint density at radius 3 is 2.70 bits per heavy atom. The van der Waals surface area contributed by atoms with Crippen LogP contribution in [0.2, 0.25) is 5.02 Å². The van der Waals surface area contributed by atoms with E-state index in [2.05, 4.69) is 5.32 Å². The van der Waals surface area contributed by atoms with E-state index in [-0.39, 0.29) is 10.9 Å². The molecule has 4 nitrogen and oxygen atoms in total. The van der Waals surface area contributed by atoms with Crippen LogP contribution in [-0.2, 0) is 4.79 Å². The molecule has 1 fully saturated rings. The van der Waals surface area contributed by atoms with Crippen LogP contribution in [0.1, 0.15) is 24.8 Å². The van der Waals surface area contributed by atoms with Gasteiger partial charge in [-0.15, -0.1) is 0 Å². The Bertz CT molecular complexity index is 515. The number of hydrogen-bond donors (Lipinski definition) is 2. The van der Waals surface area contributed by atoms with Crippen LogP contribution in [0.5, 0.6) is 0 Å². The van der Waals surface area contributed by atoms with E-state index in [0.717, 1.165) is 31.6 Å². The monoisotopic (exact) mass is 311 g/mol. The van der Waals surface area contributed by atoms with Crippen LogP contribution in [0.3, 0.4) is 0 Å². The largest absolute Gasteiger partial charge is 0.389 e. The number of nitrogens with zero attached hydrogens (tertiary/aromatic N) is 1. The van der Waals surface area contributed by atoms with Crippen molar-refractivity contribution in [3.05, 3.63) is 28.8 Å². The van der Waals surface area contributed by atoms with Crippen molar-refractivity contribution < 1.29 is 4.79 Å². The summed E-state index contributed by atoms with van der Waals surface area (Å²) < 4.78 is 0. The molecule has 20 heavy (non-hydrogen) atoms. The van der Waals surface area contributed by atoms with E-state index in [1.54, 1.807) is 12.1 Å². The fourth-order valence-electron chi connectivity index (χ4n) is 2.26. The Morgan fingerprint density at radius 2 is 2.10 bits per heavy atom. The second-order valence-electron chi connectivity index (χ2n) is 4.82. The third-order valence-electron chi connectivity index (χ3n) is 3.36. The van der Waals surface area contributed by atoms with Crippen LogP contribution in [0.4, 0.5) is 5.69 Å². The summed E-state index contributed by atoms with van der Waals surface area (Å²) in [4.78, 5) is 14.1. The highest BCUT2D eigenvalue weighted by Gasteiger charge is 2.16. The number of nitrogens with two attached hydrogens (primary N) is 1. The third kappa shape index (κ3) is 3.84. The van der Waals surface area contributed by atoms with Gasteiger partial charge in [-0.2, -0.15) is 0 Å². The SMILES string of the molecule is NC(=S)c1ccc(NCCC(=O)N2CCCC2)cc1Cl. The molecule has 6 heteroatoms. The van der Waals surface area contributed by atoms with Gasteiger partial charge < -0.3 is 16.0 Å². The van der Waals surface area contributed by atoms with Crippen molar-refractivity contribution in [3.8, 4) is 0 Å². The van der Waals surface area contributed by atoms with Crippen LogP contribution < -0.4 is 11.1 Å². The highest BCUT2D eigenvalue weighted by atomic mass is 35.5. The summed E-state index contributed by atoms with van der Waals surface area (Å²) in [5.41, 5.74) is 7.08. The van der Waals surface area contributed by atoms with E-state index in [4.69, 9.17) is 29.6 Å². The van der Waals surface area contributed by atoms with Crippen LogP contribution in [0, 0.1) is 0 Å². The Balaban J connectivity index is 1.83. The molecule has 1 aromatic carbocycles. The van der Waals surface area contributed by atoms with E-state index >= 15 is 0 Å². The molecule has 0 aromatic heterocycles. The zero-order valence-electron chi connectivity index (χ0n) is 11.2. The standard InChI is InChI=1S/C14H18ClN3OS/c15-12-9-10(3-4-11(12)14(16)20)17-6-5-13(19)18-7-1-2-8-18/h3-4,9,17H,1-2,5-8H2,(H2,16,20). The number of likely N-dealkylation sites (tertiary alicyclic amines) is 1. The van der Waals surface area contributed by atoms with Crippen molar-refractivity contribution >= 4 is 40.4 Å². The van der Waals surface area contributed by atoms with Crippen LogP contribution in [-0.4, -0.2) is 35.4 Å². The number of thiocarbonyl (C=S) groups is 1. The Kier molecular flexibility index (Phi) is 5.20. The zero-order valence-corrected chi connectivity index (χ0v) is 12.8. The number of hydrogen-bond acceptors (Lipinski definition) is 3. The third-order valence-corrected chi connectivity index (χ3v) is 3.89. The molecular formula is C14H18ClN3OS. The minimum atomic E-state index is 0.209. The highest BCUT2D eigenvalue weighted by molar-refractivity contribution is 7.80. The van der Waals surface area contributed by atoms with Crippen molar-refractivity contribution in [2.45, 2.75) is 19.3 Å². The predicted molar refractivity (Wildman–Crippen MR) is 86.3 cm³/mol. The first-order chi connectivity index (χ1) is 9.58. The minimum Gasteiger partial charge on any atom is -0.389 e. The number of amides is 1. The maximum Gasteiger partial charge on any atom is 0.224 e. The molecule has 0 radical (unpaired) electrons. The lowest BCUT2D eigenvalue weighted by Crippen LogP contribution is -2.29. The molecular weight excluding hydrogens is 294 g/mol. The predicted octanol–water partition coefficient (Wildman–Crippen LogP) is 2.40. The van der Waals surface area contributed by atoms with Gasteiger partial charge >= 0.3 is 0 Å². The Morgan fingerprint density at radius 1 is 1.40 bits per heavy atom. The molecule has 1 aromatic rings. The van der Waals surface area contributed by atoms with E-state index in [1.807, 2.05) is 11.0 Å². The van der Waals surface area contributed by atoms with Gasteiger partial charge in [-0.25, -0.2) is 0 Å². The van der Waals surface area contributed by atoms with Crippen molar-refractivity contribution in [2.24, 2.45) is 5.73 Å². The molecule has 1 heterocycles. The lowest BCUT2D eigenvalue weighted by molar-refractivity contribution is -0.129. The lowest BCUT2D eigenvalue weighted by atomic mass is 10.2. The summed E-state index contributed by atoms with van der Waals surface area (Å²) >= 11 is 11.0. The second kappa shape index (κ2) is 6.90. The summed E-state index contributed by atoms with van der Waals surface area (Å²) in [6, 6.07) is 5.42. The van der Waals surface area contributed by atoms with Gasteiger partial charge in [-0.05, 0) is 31.0 Å². The van der Waals surface area contributed by atoms with E-state index in [1.165, 1.54) is 0 Å². The van der Waals surface area contributed by atoms with Crippen molar-refractivity contribution in [1.82, 2.24) is 4.90 Å². The topological polar surface area (TPSA) is 58.4 Å². The molecule has 0 saturated carbocycles. The van der Waals surface area contributed by atoms with Gasteiger partial charge in [0.2, 0.25) is 5.91 Å². The average Bonchev–Trinajstić information content (AvgIpc) is 2.92. The molecule has 0 aliphatic carbocycles. The lowest BCUT2D eigenvalue weighted by Gasteiger charge is -2.15. The molecule has 0 unspecified atom stereocenters. The first-order valence-electron chi connectivity index (χ1n) is 6.69. The molecule has 1 aliphatic rings. The van der Waals surface area contributed by atoms with Crippen molar-refractivity contribution in [1.29, 1.82) is 0 Å². The van der Waals surface area contributed by atoms with Gasteiger partial charge in [0.15, 0.2) is 0 Å². The number of anilines is 1. The number of halogens is 1. The van der Waals surface area contributed by atoms with Gasteiger partial charge in [0.25, 0.3) is 0 Å². The molecule has 3 N–H and O–H groups in total. The van der Waals surface area contributed by atoms with E-state index in [9.17, 15) is 4.79 Å². The van der Waals surface area contributed by atoms with E-state index in [0.29, 0.717) is 23.6 Å². The smallest absolute Gasteiger partial charge is 0.224 e. The first-order valence-corrected chi connectivity index (χ1v) is 7.47. The fourth-order valence-corrected chi connectivity index (χ4v) is 2.78. The van der Waals surface area contributed by atoms with Crippen molar-refractivity contribution in [3.63, 3.8) is 0 Å². The van der Waals surface area contributed by atoms with Gasteiger partial charge in [0.05, 0.1) is 5.02 Å². The summed E-state index contributed by atoms with van der Waals surface area (Å²) in [7, 11) is 0. The normalized spacial score (nSPS) is 14.3. The zero-order chi connectivity index (χ0) is 14.5. The summed E-state index contributed by atoms with van der Waals surface area (Å²) in [5.74, 6) is 0.209. The molecule has 0 bridgehead atoms. The van der Waals surface area contributed by atoms with E-state index < -0.39 is 0 Å². The number of nitrogens with one attached hydrogen (secondary N) is 1. The van der Waals surface area contributed by atoms with Crippen LogP contribution >= 0.6 is 23.8 Å². The van der Waals surface area contributed by atoms with Crippen LogP contribution in [0.25, 0.3) is 0 Å². The quantitative estimate of drug-likeness (QED) is 0.820. The summed E-state index contributed by atoms with van der Waals surface area (Å²) in [5, 5.41) is 3.71. The maximum absolute atomic E-state index is 11.9. The van der Waals surface area contributed by atoms with Gasteiger partial charge in [-0.1, -0.05) is 23.8 Å². The molecule has 0 spiro atoms. The Labute approximate surface area is 129 Å². The molecule has 1 aliphatic heterocycles. The van der Waals surface area contributed by atoms with Crippen LogP contribution in [0.15, 0.2) is 18.2 Å². The van der Waals surface area contributed by atoms with Gasteiger partial charge in [0, 0.05) is 37.3 Å². The number of rotatable bonds is 5. The first kappa shape index (κ1) is 15.1. The van der Waals surface area contributed by atoms with Gasteiger partial charge in [0.1, 0.15) is 4.99 Å². The Hall–Kier alpha value is -1.33. The minimum absolute atomic E-state index is 0.209. The molecule has 1 saturated heterocycles. The van der Waals surface area contributed by atoms with Crippen molar-refractivity contribution in [2.75, 3.05) is 25.0 Å². The average molecular weight is 312 g/mol. The number of carbonyl (C=O) groups is 1. The number of benzene rings is 1. The molecule has 0 atom stereocenters. The summed E-state index contributed by atoms with van der Waals surface area (Å²) in [6.45, 7) is 2.39. The maximum atomic E-state index is 11.9. The number of carbonyl (C=O) groups excluding carboxylic acids is 1. The van der Waals surface area contributed by atoms with Gasteiger partial charge in [-0.3, -0.25) is 4.79 Å². The molecule has 108 valence electrons. The molecule has 2 rings (SSSR count). The second-order valence-corrected chi connectivity index (χ2v) is 5.67. The highest BCUT2D eigenvalue weighted by Crippen LogP contribution is 2.21.